The molecule has 102 valence electrons. The Morgan fingerprint density at radius 1 is 0.600 bits per heavy atom. The van der Waals surface area contributed by atoms with Crippen LogP contribution in [-0.2, 0) is 0 Å². The van der Waals surface area contributed by atoms with E-state index in [1.54, 1.807) is 0 Å². The van der Waals surface area contributed by atoms with Crippen molar-refractivity contribution in [2.45, 2.75) is 27.7 Å². The number of hydrogen-bond acceptors (Lipinski definition) is 2. The van der Waals surface area contributed by atoms with Gasteiger partial charge in [-0.25, -0.2) is 9.97 Å². The summed E-state index contributed by atoms with van der Waals surface area (Å²) in [6.45, 7) is 8.09. The van der Waals surface area contributed by atoms with Gasteiger partial charge in [-0.1, -0.05) is 47.5 Å². The fourth-order valence-corrected chi connectivity index (χ4v) is 1.94. The van der Waals surface area contributed by atoms with E-state index in [-0.39, 0.29) is 0 Å². The minimum Gasteiger partial charge on any atom is -0.241 e. The van der Waals surface area contributed by atoms with Crippen LogP contribution in [0, 0.1) is 27.7 Å². The van der Waals surface area contributed by atoms with Gasteiger partial charge in [-0.05, 0) is 44.0 Å². The fraction of sp³-hybridized carbons (Fsp3) is 0.222. The molecule has 0 saturated heterocycles. The lowest BCUT2D eigenvalue weighted by atomic mass is 10.1. The van der Waals surface area contributed by atoms with Crippen molar-refractivity contribution >= 4 is 10.8 Å². The third kappa shape index (κ3) is 3.89. The molecule has 3 rings (SSSR count). The molecule has 2 aromatic carbocycles. The number of hydrogen-bond donors (Lipinski definition) is 0. The maximum Gasteiger partial charge on any atom is 0.125 e. The molecule has 0 atom stereocenters. The summed E-state index contributed by atoms with van der Waals surface area (Å²) in [5, 5.41) is 2.67. The van der Waals surface area contributed by atoms with E-state index in [4.69, 9.17) is 0 Å². The van der Waals surface area contributed by atoms with Gasteiger partial charge in [0.25, 0.3) is 0 Å². The Bertz CT molecular complexity index is 638. The van der Waals surface area contributed by atoms with Gasteiger partial charge < -0.3 is 0 Å². The lowest BCUT2D eigenvalue weighted by Gasteiger charge is -1.99. The number of aryl methyl sites for hydroxylation is 4. The zero-order valence-corrected chi connectivity index (χ0v) is 12.5. The van der Waals surface area contributed by atoms with Gasteiger partial charge in [-0.2, -0.15) is 0 Å². The van der Waals surface area contributed by atoms with Gasteiger partial charge >= 0.3 is 0 Å². The van der Waals surface area contributed by atoms with Crippen molar-refractivity contribution in [1.29, 1.82) is 0 Å². The molecule has 0 radical (unpaired) electrons. The van der Waals surface area contributed by atoms with Crippen molar-refractivity contribution in [3.05, 3.63) is 71.3 Å². The molecule has 0 aliphatic rings. The smallest absolute Gasteiger partial charge is 0.125 e. The topological polar surface area (TPSA) is 25.8 Å². The van der Waals surface area contributed by atoms with E-state index in [1.165, 1.54) is 21.9 Å². The predicted molar refractivity (Wildman–Crippen MR) is 84.9 cm³/mol. The number of aromatic nitrogens is 2. The van der Waals surface area contributed by atoms with Crippen LogP contribution in [0.25, 0.3) is 10.8 Å². The van der Waals surface area contributed by atoms with Gasteiger partial charge in [0, 0.05) is 12.4 Å². The molecule has 0 N–H and O–H groups in total. The first-order valence-electron chi connectivity index (χ1n) is 6.77. The normalized spacial score (nSPS) is 10.0. The Hall–Kier alpha value is -2.22. The molecule has 1 aromatic heterocycles. The van der Waals surface area contributed by atoms with E-state index in [1.807, 2.05) is 26.2 Å². The third-order valence-corrected chi connectivity index (χ3v) is 3.06. The van der Waals surface area contributed by atoms with Crippen LogP contribution in [0.5, 0.6) is 0 Å². The largest absolute Gasteiger partial charge is 0.241 e. The van der Waals surface area contributed by atoms with Crippen LogP contribution in [0.2, 0.25) is 0 Å². The van der Waals surface area contributed by atoms with Gasteiger partial charge in [-0.15, -0.1) is 0 Å². The summed E-state index contributed by atoms with van der Waals surface area (Å²) in [6, 6.07) is 13.1. The Labute approximate surface area is 120 Å². The molecule has 0 spiro atoms. The number of rotatable bonds is 0. The Morgan fingerprint density at radius 3 is 1.45 bits per heavy atom. The van der Waals surface area contributed by atoms with Gasteiger partial charge in [-0.3, -0.25) is 0 Å². The van der Waals surface area contributed by atoms with Crippen LogP contribution in [-0.4, -0.2) is 9.97 Å². The molecular formula is C18H20N2. The summed E-state index contributed by atoms with van der Waals surface area (Å²) in [5.41, 5.74) is 3.76. The highest BCUT2D eigenvalue weighted by atomic mass is 14.8. The van der Waals surface area contributed by atoms with Crippen molar-refractivity contribution in [3.8, 4) is 0 Å². The Balaban J connectivity index is 0.000000160. The second kappa shape index (κ2) is 6.29. The SMILES string of the molecule is Cc1ccc2cc(C)ccc2c1.Cc1cnc(C)nc1. The lowest BCUT2D eigenvalue weighted by Crippen LogP contribution is -1.84. The molecule has 0 saturated carbocycles. The van der Waals surface area contributed by atoms with E-state index in [0.717, 1.165) is 11.4 Å². The molecule has 0 aliphatic carbocycles. The van der Waals surface area contributed by atoms with E-state index in [9.17, 15) is 0 Å². The molecule has 1 heterocycles. The van der Waals surface area contributed by atoms with E-state index >= 15 is 0 Å². The number of benzene rings is 2. The highest BCUT2D eigenvalue weighted by Gasteiger charge is 1.92. The fourth-order valence-electron chi connectivity index (χ4n) is 1.94. The van der Waals surface area contributed by atoms with E-state index in [2.05, 4.69) is 60.2 Å². The molecule has 3 aromatic rings. The third-order valence-electron chi connectivity index (χ3n) is 3.06. The first-order valence-corrected chi connectivity index (χ1v) is 6.77. The van der Waals surface area contributed by atoms with Crippen LogP contribution >= 0.6 is 0 Å². The molecule has 0 amide bonds. The van der Waals surface area contributed by atoms with E-state index < -0.39 is 0 Å². The first-order chi connectivity index (χ1) is 9.54. The van der Waals surface area contributed by atoms with Crippen LogP contribution in [0.4, 0.5) is 0 Å². The van der Waals surface area contributed by atoms with Crippen molar-refractivity contribution in [2.75, 3.05) is 0 Å². The van der Waals surface area contributed by atoms with Crippen molar-refractivity contribution < 1.29 is 0 Å². The molecule has 2 heteroatoms. The minimum absolute atomic E-state index is 0.829. The lowest BCUT2D eigenvalue weighted by molar-refractivity contribution is 1.03. The van der Waals surface area contributed by atoms with Gasteiger partial charge in [0.1, 0.15) is 5.82 Å². The highest BCUT2D eigenvalue weighted by molar-refractivity contribution is 5.83. The maximum atomic E-state index is 3.97. The van der Waals surface area contributed by atoms with E-state index in [0.29, 0.717) is 0 Å². The van der Waals surface area contributed by atoms with Crippen LogP contribution < -0.4 is 0 Å². The van der Waals surface area contributed by atoms with Crippen molar-refractivity contribution in [3.63, 3.8) is 0 Å². The number of nitrogens with zero attached hydrogens (tertiary/aromatic N) is 2. The second-order valence-electron chi connectivity index (χ2n) is 5.16. The molecule has 0 fully saturated rings. The van der Waals surface area contributed by atoms with Gasteiger partial charge in [0.15, 0.2) is 0 Å². The van der Waals surface area contributed by atoms with Crippen molar-refractivity contribution in [2.24, 2.45) is 0 Å². The molecule has 0 unspecified atom stereocenters. The van der Waals surface area contributed by atoms with Gasteiger partial charge in [0.05, 0.1) is 0 Å². The zero-order chi connectivity index (χ0) is 14.5. The number of fused-ring (bicyclic) bond motifs is 1. The monoisotopic (exact) mass is 264 g/mol. The average molecular weight is 264 g/mol. The Kier molecular flexibility index (Phi) is 4.46. The van der Waals surface area contributed by atoms with Crippen molar-refractivity contribution in [1.82, 2.24) is 9.97 Å². The summed E-state index contributed by atoms with van der Waals surface area (Å²) >= 11 is 0. The van der Waals surface area contributed by atoms with Gasteiger partial charge in [0.2, 0.25) is 0 Å². The molecule has 0 bridgehead atoms. The second-order valence-corrected chi connectivity index (χ2v) is 5.16. The van der Waals surface area contributed by atoms with Crippen LogP contribution in [0.1, 0.15) is 22.5 Å². The maximum absolute atomic E-state index is 3.97. The summed E-state index contributed by atoms with van der Waals surface area (Å²) in [7, 11) is 0. The van der Waals surface area contributed by atoms with Crippen LogP contribution in [0.3, 0.4) is 0 Å². The Morgan fingerprint density at radius 2 is 1.05 bits per heavy atom. The average Bonchev–Trinajstić information content (AvgIpc) is 2.43. The summed E-state index contributed by atoms with van der Waals surface area (Å²) in [4.78, 5) is 7.94. The summed E-state index contributed by atoms with van der Waals surface area (Å²) in [5.74, 6) is 0.829. The molecule has 2 nitrogen and oxygen atoms in total. The quantitative estimate of drug-likeness (QED) is 0.595. The van der Waals surface area contributed by atoms with Crippen LogP contribution in [0.15, 0.2) is 48.8 Å². The standard InChI is InChI=1S/C12H12.C6H8N2/c1-9-3-5-12-8-10(2)4-6-11(12)7-9;1-5-3-7-6(2)8-4-5/h3-8H,1-2H3;3-4H,1-2H3. The molecule has 20 heavy (non-hydrogen) atoms. The minimum atomic E-state index is 0.829. The first kappa shape index (κ1) is 14.2. The zero-order valence-electron chi connectivity index (χ0n) is 12.5. The molecular weight excluding hydrogens is 244 g/mol. The predicted octanol–water partition coefficient (Wildman–Crippen LogP) is 4.55. The molecule has 0 aliphatic heterocycles. The highest BCUT2D eigenvalue weighted by Crippen LogP contribution is 2.16. The summed E-state index contributed by atoms with van der Waals surface area (Å²) in [6.07, 6.45) is 3.62. The summed E-state index contributed by atoms with van der Waals surface area (Å²) < 4.78 is 0.